The molecule has 1 aliphatic heterocycles. The number of hydrogen-bond acceptors (Lipinski definition) is 7. The van der Waals surface area contributed by atoms with Crippen LogP contribution in [0.2, 0.25) is 0 Å². The lowest BCUT2D eigenvalue weighted by molar-refractivity contribution is -0.876. The van der Waals surface area contributed by atoms with Crippen LogP contribution in [0.25, 0.3) is 0 Å². The van der Waals surface area contributed by atoms with Crippen LogP contribution in [0, 0.1) is 21.6 Å². The molecule has 1 saturated heterocycles. The average molecular weight is 398 g/mol. The van der Waals surface area contributed by atoms with Gasteiger partial charge in [0.1, 0.15) is 17.7 Å². The summed E-state index contributed by atoms with van der Waals surface area (Å²) in [5.41, 5.74) is -2.60. The Bertz CT molecular complexity index is 948. The van der Waals surface area contributed by atoms with E-state index in [0.29, 0.717) is 18.0 Å². The van der Waals surface area contributed by atoms with E-state index in [1.165, 1.54) is 12.4 Å². The van der Waals surface area contributed by atoms with Crippen molar-refractivity contribution in [3.8, 4) is 0 Å². The number of Topliss-reactive ketones (excluding diaryl/α,β-unsaturated/α-hetero) is 1. The van der Waals surface area contributed by atoms with Crippen molar-refractivity contribution in [1.82, 2.24) is 0 Å². The second-order valence-corrected chi connectivity index (χ2v) is 9.18. The molecule has 3 N–H and O–H groups in total. The first-order valence-electron chi connectivity index (χ1n) is 10.2. The molecule has 8 heteroatoms. The Morgan fingerprint density at radius 3 is 2.69 bits per heavy atom. The van der Waals surface area contributed by atoms with Crippen LogP contribution in [-0.2, 0) is 9.59 Å². The number of likely N-dealkylation sites (tertiary alicyclic amines) is 1. The molecule has 0 radical (unpaired) electrons. The first-order valence-corrected chi connectivity index (χ1v) is 10.2. The van der Waals surface area contributed by atoms with Crippen LogP contribution in [0.15, 0.2) is 40.2 Å². The number of carbonyl (C=O) groups is 2. The summed E-state index contributed by atoms with van der Waals surface area (Å²) >= 11 is 0. The van der Waals surface area contributed by atoms with E-state index in [-0.39, 0.29) is 35.0 Å². The van der Waals surface area contributed by atoms with Gasteiger partial charge in [-0.25, -0.2) is 0 Å². The minimum absolute atomic E-state index is 0.0153. The minimum Gasteiger partial charge on any atom is -0.384 e. The van der Waals surface area contributed by atoms with Gasteiger partial charge in [-0.3, -0.25) is 19.5 Å². The molecule has 0 aromatic rings. The van der Waals surface area contributed by atoms with Crippen LogP contribution in [0.1, 0.15) is 32.1 Å². The van der Waals surface area contributed by atoms with Gasteiger partial charge in [-0.05, 0) is 42.2 Å². The van der Waals surface area contributed by atoms with E-state index in [2.05, 4.69) is 5.18 Å². The van der Waals surface area contributed by atoms with E-state index in [9.17, 15) is 24.7 Å². The lowest BCUT2D eigenvalue weighted by Gasteiger charge is -2.65. The van der Waals surface area contributed by atoms with Gasteiger partial charge < -0.3 is 10.2 Å². The van der Waals surface area contributed by atoms with Crippen molar-refractivity contribution >= 4 is 17.9 Å². The van der Waals surface area contributed by atoms with Gasteiger partial charge in [0, 0.05) is 24.3 Å². The van der Waals surface area contributed by atoms with E-state index < -0.39 is 34.7 Å². The van der Waals surface area contributed by atoms with E-state index in [1.54, 1.807) is 6.08 Å². The molecule has 2 bridgehead atoms. The van der Waals surface area contributed by atoms with Crippen molar-refractivity contribution in [2.45, 2.75) is 49.9 Å². The van der Waals surface area contributed by atoms with E-state index >= 15 is 0 Å². The smallest absolute Gasteiger partial charge is 0.208 e. The molecular formula is C21H24N3O5+. The van der Waals surface area contributed by atoms with Crippen LogP contribution >= 0.6 is 0 Å². The number of fused-ring (bicyclic) bond motifs is 1. The van der Waals surface area contributed by atoms with Crippen molar-refractivity contribution in [2.24, 2.45) is 16.5 Å². The Morgan fingerprint density at radius 2 is 2.03 bits per heavy atom. The Morgan fingerprint density at radius 1 is 1.28 bits per heavy atom. The summed E-state index contributed by atoms with van der Waals surface area (Å²) in [5.74, 6) is -0.482. The van der Waals surface area contributed by atoms with Crippen LogP contribution in [0.5, 0.6) is 0 Å². The molecule has 1 heterocycles. The molecule has 2 saturated carbocycles. The first kappa shape index (κ1) is 18.7. The summed E-state index contributed by atoms with van der Waals surface area (Å²) in [5, 5.41) is 34.4. The lowest BCUT2D eigenvalue weighted by Crippen LogP contribution is -2.79. The van der Waals surface area contributed by atoms with Crippen molar-refractivity contribution in [2.75, 3.05) is 13.1 Å². The fourth-order valence-electron chi connectivity index (χ4n) is 6.30. The molecule has 2 unspecified atom stereocenters. The molecule has 0 amide bonds. The van der Waals surface area contributed by atoms with Gasteiger partial charge in [0.2, 0.25) is 5.78 Å². The lowest BCUT2D eigenvalue weighted by atomic mass is 9.47. The molecule has 0 aromatic heterocycles. The quantitative estimate of drug-likeness (QED) is 0.283. The zero-order valence-electron chi connectivity index (χ0n) is 16.0. The molecule has 3 fully saturated rings. The second-order valence-electron chi connectivity index (χ2n) is 9.18. The third-order valence-corrected chi connectivity index (χ3v) is 7.86. The van der Waals surface area contributed by atoms with Gasteiger partial charge in [0.25, 0.3) is 0 Å². The number of nitrogens with one attached hydrogen (secondary N) is 1. The standard InChI is InChI=1S/C21H24N3O5/c22-11-24(10-12-1-2-12)8-7-20-17-13(3-4-14(25)18(17)23-29)9-16(24)21(20,28)6-5-15(26)19(20)27/h3-4,9,11-12,16,19,22,27-28H,1-2,5-8,10H2/q+1/t16-,19?,20?,21-,24-/m1/s1. The van der Waals surface area contributed by atoms with E-state index in [0.717, 1.165) is 19.4 Å². The maximum atomic E-state index is 12.6. The Hall–Kier alpha value is -2.29. The molecule has 4 aliphatic carbocycles. The number of aliphatic hydroxyl groups excluding tert-OH is 1. The third-order valence-electron chi connectivity index (χ3n) is 7.86. The van der Waals surface area contributed by atoms with Gasteiger partial charge in [0.05, 0.1) is 18.5 Å². The molecule has 0 aromatic carbocycles. The number of rotatable bonds is 4. The largest absolute Gasteiger partial charge is 0.384 e. The topological polar surface area (TPSA) is 128 Å². The summed E-state index contributed by atoms with van der Waals surface area (Å²) < 4.78 is 0.256. The van der Waals surface area contributed by atoms with Gasteiger partial charge in [-0.15, -0.1) is 4.91 Å². The molecule has 8 nitrogen and oxygen atoms in total. The van der Waals surface area contributed by atoms with Crippen LogP contribution < -0.4 is 0 Å². The third kappa shape index (κ3) is 2.16. The van der Waals surface area contributed by atoms with Gasteiger partial charge in [-0.1, -0.05) is 6.08 Å². The molecule has 0 spiro atoms. The van der Waals surface area contributed by atoms with Crippen LogP contribution in [0.3, 0.4) is 0 Å². The van der Waals surface area contributed by atoms with E-state index in [4.69, 9.17) is 5.41 Å². The molecule has 5 rings (SSSR count). The number of piperidine rings is 1. The minimum atomic E-state index is -1.55. The fourth-order valence-corrected chi connectivity index (χ4v) is 6.30. The highest BCUT2D eigenvalue weighted by molar-refractivity contribution is 6.07. The summed E-state index contributed by atoms with van der Waals surface area (Å²) in [6.07, 6.45) is 7.06. The number of hydrogen-bond donors (Lipinski definition) is 3. The SMILES string of the molecule is N=C[N@+]1(CC2CC2)CCC23C4=C(N=O)C(=O)C=CC4=C[C@@H]1[C@]2(O)CCC(=O)C3O. The highest BCUT2D eigenvalue weighted by Crippen LogP contribution is 2.63. The van der Waals surface area contributed by atoms with Gasteiger partial charge >= 0.3 is 0 Å². The average Bonchev–Trinajstić information content (AvgIpc) is 3.52. The number of allylic oxidation sites excluding steroid dienone is 3. The number of ketones is 2. The Labute approximate surface area is 167 Å². The summed E-state index contributed by atoms with van der Waals surface area (Å²) in [7, 11) is 0. The van der Waals surface area contributed by atoms with Crippen LogP contribution in [0.4, 0.5) is 0 Å². The van der Waals surface area contributed by atoms with Crippen molar-refractivity contribution in [3.05, 3.63) is 40.0 Å². The summed E-state index contributed by atoms with van der Waals surface area (Å²) in [6.45, 7) is 1.16. The van der Waals surface area contributed by atoms with Crippen molar-refractivity contribution in [3.63, 3.8) is 0 Å². The van der Waals surface area contributed by atoms with E-state index in [1.807, 2.05) is 6.08 Å². The number of nitroso groups, excluding NO2 is 1. The first-order chi connectivity index (χ1) is 13.8. The maximum Gasteiger partial charge on any atom is 0.208 e. The van der Waals surface area contributed by atoms with Crippen molar-refractivity contribution < 1.29 is 24.3 Å². The number of carbonyl (C=O) groups excluding carboxylic acids is 2. The summed E-state index contributed by atoms with van der Waals surface area (Å²) in [4.78, 5) is 36.6. The predicted octanol–water partition coefficient (Wildman–Crippen LogP) is 1.13. The molecule has 5 aliphatic rings. The fraction of sp³-hybridized carbons (Fsp3) is 0.571. The van der Waals surface area contributed by atoms with Gasteiger partial charge in [0.15, 0.2) is 17.8 Å². The predicted molar refractivity (Wildman–Crippen MR) is 103 cm³/mol. The number of nitrogens with zero attached hydrogens (tertiary/aromatic N) is 2. The monoisotopic (exact) mass is 398 g/mol. The normalized spacial score (nSPS) is 43.4. The number of quaternary nitrogens is 1. The van der Waals surface area contributed by atoms with Gasteiger partial charge in [-0.2, -0.15) is 0 Å². The Kier molecular flexibility index (Phi) is 3.79. The molecule has 29 heavy (non-hydrogen) atoms. The Balaban J connectivity index is 1.81. The highest BCUT2D eigenvalue weighted by atomic mass is 16.3. The van der Waals surface area contributed by atoms with Crippen molar-refractivity contribution in [1.29, 1.82) is 5.41 Å². The van der Waals surface area contributed by atoms with Crippen LogP contribution in [-0.4, -0.2) is 63.4 Å². The maximum absolute atomic E-state index is 12.6. The summed E-state index contributed by atoms with van der Waals surface area (Å²) in [6, 6.07) is -0.540. The second kappa shape index (κ2) is 5.87. The zero-order valence-corrected chi connectivity index (χ0v) is 16.0. The molecule has 152 valence electrons. The zero-order chi connectivity index (χ0) is 20.6. The molecule has 5 atom stereocenters. The highest BCUT2D eigenvalue weighted by Gasteiger charge is 2.74. The number of aliphatic hydroxyl groups is 2. The molecular weight excluding hydrogens is 374 g/mol.